The molecule has 0 bridgehead atoms. The van der Waals surface area contributed by atoms with Crippen molar-refractivity contribution in [2.75, 3.05) is 13.6 Å². The lowest BCUT2D eigenvalue weighted by Gasteiger charge is -2.24. The van der Waals surface area contributed by atoms with Crippen molar-refractivity contribution in [2.45, 2.75) is 13.1 Å². The minimum atomic E-state index is -0.358. The normalized spacial score (nSPS) is 11.2. The van der Waals surface area contributed by atoms with Gasteiger partial charge in [0.25, 0.3) is 6.54 Å². The monoisotopic (exact) mass is 298 g/mol. The molecule has 114 valence electrons. The number of hydrogen-bond acceptors (Lipinski definition) is 4. The molecule has 2 aromatic rings. The lowest BCUT2D eigenvalue weighted by atomic mass is 10.2. The van der Waals surface area contributed by atoms with E-state index in [2.05, 4.69) is 9.98 Å². The molecule has 0 atom stereocenters. The molecule has 0 N–H and O–H groups in total. The van der Waals surface area contributed by atoms with Crippen LogP contribution in [0, 0.1) is 10.1 Å². The van der Waals surface area contributed by atoms with Crippen molar-refractivity contribution >= 4 is 5.84 Å². The summed E-state index contributed by atoms with van der Waals surface area (Å²) in [5.41, 5.74) is 2.07. The van der Waals surface area contributed by atoms with Crippen LogP contribution in [0.4, 0.5) is 0 Å². The maximum atomic E-state index is 10.9. The molecule has 6 nitrogen and oxygen atoms in total. The number of pyridine rings is 1. The summed E-state index contributed by atoms with van der Waals surface area (Å²) < 4.78 is 0. The molecular weight excluding hydrogens is 280 g/mol. The van der Waals surface area contributed by atoms with E-state index in [-0.39, 0.29) is 11.5 Å². The fraction of sp³-hybridized carbons (Fsp3) is 0.250. The second-order valence-corrected chi connectivity index (χ2v) is 4.83. The Balaban J connectivity index is 2.21. The van der Waals surface area contributed by atoms with Gasteiger partial charge in [0.2, 0.25) is 0 Å². The second kappa shape index (κ2) is 7.87. The number of benzene rings is 1. The van der Waals surface area contributed by atoms with E-state index in [1.54, 1.807) is 19.4 Å². The van der Waals surface area contributed by atoms with Crippen LogP contribution in [0.15, 0.2) is 59.9 Å². The molecule has 6 heteroatoms. The summed E-state index contributed by atoms with van der Waals surface area (Å²) in [5, 5.41) is 10.9. The Bertz CT molecular complexity index is 588. The van der Waals surface area contributed by atoms with E-state index >= 15 is 0 Å². The molecular formula is C16H18N4O2. The molecule has 0 fully saturated rings. The van der Waals surface area contributed by atoms with Gasteiger partial charge in [0.05, 0.1) is 0 Å². The predicted octanol–water partition coefficient (Wildman–Crippen LogP) is 2.39. The number of rotatable bonds is 6. The van der Waals surface area contributed by atoms with Crippen LogP contribution in [0.5, 0.6) is 0 Å². The molecule has 0 saturated heterocycles. The van der Waals surface area contributed by atoms with Crippen molar-refractivity contribution in [3.8, 4) is 0 Å². The largest absolute Gasteiger partial charge is 0.346 e. The van der Waals surface area contributed by atoms with Crippen LogP contribution in [0.25, 0.3) is 0 Å². The average molecular weight is 298 g/mol. The summed E-state index contributed by atoms with van der Waals surface area (Å²) in [4.78, 5) is 20.6. The molecule has 1 aromatic carbocycles. The summed E-state index contributed by atoms with van der Waals surface area (Å²) in [6.07, 6.45) is 3.47. The average Bonchev–Trinajstić information content (AvgIpc) is 2.54. The van der Waals surface area contributed by atoms with Gasteiger partial charge in [0, 0.05) is 37.5 Å². The Kier molecular flexibility index (Phi) is 5.59. The van der Waals surface area contributed by atoms with Crippen molar-refractivity contribution in [1.29, 1.82) is 0 Å². The van der Waals surface area contributed by atoms with Crippen LogP contribution in [-0.2, 0) is 13.1 Å². The zero-order valence-corrected chi connectivity index (χ0v) is 12.4. The van der Waals surface area contributed by atoms with Crippen molar-refractivity contribution in [3.63, 3.8) is 0 Å². The Morgan fingerprint density at radius 3 is 2.45 bits per heavy atom. The Hall–Kier alpha value is -2.76. The zero-order valence-electron chi connectivity index (χ0n) is 12.4. The summed E-state index contributed by atoms with van der Waals surface area (Å²) in [6.45, 7) is 0.809. The first-order valence-electron chi connectivity index (χ1n) is 6.94. The van der Waals surface area contributed by atoms with Gasteiger partial charge in [-0.05, 0) is 17.2 Å². The van der Waals surface area contributed by atoms with Crippen LogP contribution in [-0.4, -0.2) is 34.2 Å². The van der Waals surface area contributed by atoms with Crippen LogP contribution >= 0.6 is 0 Å². The second-order valence-electron chi connectivity index (χ2n) is 4.83. The van der Waals surface area contributed by atoms with Crippen LogP contribution < -0.4 is 0 Å². The van der Waals surface area contributed by atoms with Gasteiger partial charge in [-0.2, -0.15) is 0 Å². The van der Waals surface area contributed by atoms with Crippen molar-refractivity contribution in [1.82, 2.24) is 9.88 Å². The van der Waals surface area contributed by atoms with Crippen LogP contribution in [0.1, 0.15) is 11.1 Å². The van der Waals surface area contributed by atoms with Gasteiger partial charge < -0.3 is 4.90 Å². The fourth-order valence-electron chi connectivity index (χ4n) is 2.18. The topological polar surface area (TPSA) is 71.6 Å². The van der Waals surface area contributed by atoms with Gasteiger partial charge in [-0.15, -0.1) is 0 Å². The molecule has 0 aliphatic heterocycles. The smallest absolute Gasteiger partial charge is 0.260 e. The molecule has 0 aliphatic rings. The van der Waals surface area contributed by atoms with Gasteiger partial charge >= 0.3 is 0 Å². The van der Waals surface area contributed by atoms with Crippen LogP contribution in [0.2, 0.25) is 0 Å². The highest BCUT2D eigenvalue weighted by Crippen LogP contribution is 2.10. The van der Waals surface area contributed by atoms with E-state index in [1.807, 2.05) is 47.4 Å². The van der Waals surface area contributed by atoms with Gasteiger partial charge in [0.1, 0.15) is 0 Å². The third-order valence-electron chi connectivity index (χ3n) is 3.21. The Morgan fingerprint density at radius 2 is 1.86 bits per heavy atom. The summed E-state index contributed by atoms with van der Waals surface area (Å²) in [6, 6.07) is 13.6. The van der Waals surface area contributed by atoms with Crippen LogP contribution in [0.3, 0.4) is 0 Å². The van der Waals surface area contributed by atoms with E-state index in [4.69, 9.17) is 0 Å². The Morgan fingerprint density at radius 1 is 1.18 bits per heavy atom. The zero-order chi connectivity index (χ0) is 15.8. The molecule has 0 spiro atoms. The van der Waals surface area contributed by atoms with E-state index in [9.17, 15) is 10.1 Å². The predicted molar refractivity (Wildman–Crippen MR) is 85.1 cm³/mol. The van der Waals surface area contributed by atoms with Gasteiger partial charge in [-0.1, -0.05) is 36.4 Å². The quantitative estimate of drug-likeness (QED) is 0.355. The third-order valence-corrected chi connectivity index (χ3v) is 3.21. The van der Waals surface area contributed by atoms with E-state index in [0.29, 0.717) is 18.9 Å². The molecule has 2 rings (SSSR count). The Labute approximate surface area is 129 Å². The first kappa shape index (κ1) is 15.6. The highest BCUT2D eigenvalue weighted by atomic mass is 16.6. The lowest BCUT2D eigenvalue weighted by molar-refractivity contribution is -0.464. The number of nitro groups is 1. The first-order valence-corrected chi connectivity index (χ1v) is 6.94. The minimum Gasteiger partial charge on any atom is -0.346 e. The number of amidine groups is 1. The maximum absolute atomic E-state index is 10.9. The van der Waals surface area contributed by atoms with E-state index in [0.717, 1.165) is 11.1 Å². The molecule has 1 aromatic heterocycles. The van der Waals surface area contributed by atoms with E-state index in [1.165, 1.54) is 0 Å². The van der Waals surface area contributed by atoms with Gasteiger partial charge in [0.15, 0.2) is 5.84 Å². The lowest BCUT2D eigenvalue weighted by Crippen LogP contribution is -2.35. The molecule has 0 unspecified atom stereocenters. The third kappa shape index (κ3) is 4.66. The minimum absolute atomic E-state index is 0.288. The summed E-state index contributed by atoms with van der Waals surface area (Å²) in [5.74, 6) is 0.456. The molecule has 0 saturated carbocycles. The molecule has 1 heterocycles. The summed E-state index contributed by atoms with van der Waals surface area (Å²) in [7, 11) is 1.58. The van der Waals surface area contributed by atoms with Gasteiger partial charge in [-0.25, -0.2) is 0 Å². The fourth-order valence-corrected chi connectivity index (χ4v) is 2.18. The number of hydrogen-bond donors (Lipinski definition) is 0. The van der Waals surface area contributed by atoms with Gasteiger partial charge in [-0.3, -0.25) is 20.1 Å². The molecule has 0 radical (unpaired) electrons. The van der Waals surface area contributed by atoms with E-state index < -0.39 is 0 Å². The molecule has 0 aliphatic carbocycles. The van der Waals surface area contributed by atoms with Crippen molar-refractivity contribution < 1.29 is 4.92 Å². The number of nitrogens with zero attached hydrogens (tertiary/aromatic N) is 4. The maximum Gasteiger partial charge on any atom is 0.260 e. The number of aromatic nitrogens is 1. The first-order chi connectivity index (χ1) is 10.7. The summed E-state index contributed by atoms with van der Waals surface area (Å²) >= 11 is 0. The molecule has 0 amide bonds. The highest BCUT2D eigenvalue weighted by Gasteiger charge is 2.17. The standard InChI is InChI=1S/C16H18N4O2/c1-17-16(13-20(21)22)19(11-14-6-3-2-4-7-14)12-15-8-5-9-18-10-15/h2-10H,11-13H2,1H3. The van der Waals surface area contributed by atoms with Crippen molar-refractivity contribution in [2.24, 2.45) is 4.99 Å². The SMILES string of the molecule is CN=C(C[N+](=O)[O-])N(Cc1ccccc1)Cc1cccnc1. The number of aliphatic imine (C=N–C) groups is 1. The highest BCUT2D eigenvalue weighted by molar-refractivity contribution is 5.83. The van der Waals surface area contributed by atoms with Crippen molar-refractivity contribution in [3.05, 3.63) is 76.1 Å². The molecule has 22 heavy (non-hydrogen) atoms.